The summed E-state index contributed by atoms with van der Waals surface area (Å²) in [5.74, 6) is -1.69. The van der Waals surface area contributed by atoms with Gasteiger partial charge in [0.1, 0.15) is 11.9 Å². The van der Waals surface area contributed by atoms with Gasteiger partial charge in [0.05, 0.1) is 0 Å². The summed E-state index contributed by atoms with van der Waals surface area (Å²) >= 11 is 3.25. The van der Waals surface area contributed by atoms with Gasteiger partial charge >= 0.3 is 0 Å². The van der Waals surface area contributed by atoms with Crippen LogP contribution in [0.5, 0.6) is 5.75 Å². The second-order valence-electron chi connectivity index (χ2n) is 4.19. The summed E-state index contributed by atoms with van der Waals surface area (Å²) in [5, 5.41) is 19.1. The monoisotopic (exact) mass is 334 g/mol. The SMILES string of the molecule is O=C(C(=O)C(O)c1ccc(Br)cc1)c1ccc(O)cc1. The summed E-state index contributed by atoms with van der Waals surface area (Å²) in [6.07, 6.45) is -1.50. The Bertz CT molecular complexity index is 632. The van der Waals surface area contributed by atoms with Gasteiger partial charge in [-0.1, -0.05) is 28.1 Å². The summed E-state index contributed by atoms with van der Waals surface area (Å²) in [6, 6.07) is 11.8. The van der Waals surface area contributed by atoms with Crippen LogP contribution in [-0.4, -0.2) is 21.8 Å². The number of phenols is 1. The number of phenolic OH excluding ortho intramolecular Hbond substituents is 1. The number of hydrogen-bond acceptors (Lipinski definition) is 4. The van der Waals surface area contributed by atoms with Crippen molar-refractivity contribution in [2.45, 2.75) is 6.10 Å². The molecule has 1 atom stereocenters. The lowest BCUT2D eigenvalue weighted by atomic mass is 9.99. The molecule has 2 rings (SSSR count). The topological polar surface area (TPSA) is 74.6 Å². The molecule has 102 valence electrons. The second-order valence-corrected chi connectivity index (χ2v) is 5.11. The summed E-state index contributed by atoms with van der Waals surface area (Å²) in [5.41, 5.74) is 0.481. The number of carbonyl (C=O) groups excluding carboxylic acids is 2. The maximum absolute atomic E-state index is 11.9. The van der Waals surface area contributed by atoms with Crippen LogP contribution in [0.25, 0.3) is 0 Å². The van der Waals surface area contributed by atoms with Crippen LogP contribution in [0.4, 0.5) is 0 Å². The Balaban J connectivity index is 2.20. The van der Waals surface area contributed by atoms with Gasteiger partial charge in [-0.15, -0.1) is 0 Å². The molecule has 20 heavy (non-hydrogen) atoms. The van der Waals surface area contributed by atoms with Gasteiger partial charge in [0, 0.05) is 10.0 Å². The van der Waals surface area contributed by atoms with Gasteiger partial charge in [-0.05, 0) is 42.0 Å². The van der Waals surface area contributed by atoms with Gasteiger partial charge in [-0.3, -0.25) is 9.59 Å². The number of aromatic hydroxyl groups is 1. The van der Waals surface area contributed by atoms with Crippen molar-refractivity contribution in [3.8, 4) is 5.75 Å². The minimum atomic E-state index is -1.50. The standard InChI is InChI=1S/C15H11BrO4/c16-11-5-1-9(2-6-11)13(18)15(20)14(19)10-3-7-12(17)8-4-10/h1-8,13,17-18H. The van der Waals surface area contributed by atoms with E-state index in [0.717, 1.165) is 4.47 Å². The van der Waals surface area contributed by atoms with Gasteiger partial charge in [0.15, 0.2) is 0 Å². The summed E-state index contributed by atoms with van der Waals surface area (Å²) in [4.78, 5) is 23.9. The molecular weight excluding hydrogens is 324 g/mol. The van der Waals surface area contributed by atoms with E-state index in [9.17, 15) is 14.7 Å². The molecule has 4 nitrogen and oxygen atoms in total. The Morgan fingerprint density at radius 2 is 1.50 bits per heavy atom. The number of aliphatic hydroxyl groups excluding tert-OH is 1. The van der Waals surface area contributed by atoms with E-state index in [1.165, 1.54) is 24.3 Å². The molecule has 0 aliphatic heterocycles. The van der Waals surface area contributed by atoms with Gasteiger partial charge < -0.3 is 10.2 Å². The average molecular weight is 335 g/mol. The van der Waals surface area contributed by atoms with Crippen molar-refractivity contribution < 1.29 is 19.8 Å². The van der Waals surface area contributed by atoms with Crippen LogP contribution in [0.15, 0.2) is 53.0 Å². The zero-order valence-electron chi connectivity index (χ0n) is 10.3. The van der Waals surface area contributed by atoms with Crippen molar-refractivity contribution >= 4 is 27.5 Å². The molecular formula is C15H11BrO4. The maximum atomic E-state index is 11.9. The lowest BCUT2D eigenvalue weighted by Gasteiger charge is -2.09. The molecule has 0 saturated heterocycles. The first-order valence-electron chi connectivity index (χ1n) is 5.80. The van der Waals surface area contributed by atoms with Crippen LogP contribution in [0.3, 0.4) is 0 Å². The number of carbonyl (C=O) groups is 2. The summed E-state index contributed by atoms with van der Waals surface area (Å²) in [6.45, 7) is 0. The third-order valence-electron chi connectivity index (χ3n) is 2.79. The lowest BCUT2D eigenvalue weighted by molar-refractivity contribution is -0.122. The third kappa shape index (κ3) is 3.12. The fraction of sp³-hybridized carbons (Fsp3) is 0.0667. The minimum absolute atomic E-state index is 0.00228. The Morgan fingerprint density at radius 3 is 2.05 bits per heavy atom. The molecule has 0 radical (unpaired) electrons. The minimum Gasteiger partial charge on any atom is -0.508 e. The highest BCUT2D eigenvalue weighted by molar-refractivity contribution is 9.10. The molecule has 0 saturated carbocycles. The number of aliphatic hydroxyl groups is 1. The Labute approximate surface area is 123 Å². The Hall–Kier alpha value is -1.98. The molecule has 0 fully saturated rings. The van der Waals surface area contributed by atoms with Crippen molar-refractivity contribution in [3.05, 3.63) is 64.1 Å². The molecule has 0 heterocycles. The van der Waals surface area contributed by atoms with Gasteiger partial charge in [0.2, 0.25) is 11.6 Å². The molecule has 5 heteroatoms. The fourth-order valence-electron chi connectivity index (χ4n) is 1.68. The first kappa shape index (κ1) is 14.4. The lowest BCUT2D eigenvalue weighted by Crippen LogP contribution is -2.22. The normalized spacial score (nSPS) is 11.9. The second kappa shape index (κ2) is 5.98. The number of benzene rings is 2. The molecule has 1 unspecified atom stereocenters. The largest absolute Gasteiger partial charge is 0.508 e. The molecule has 2 N–H and O–H groups in total. The van der Waals surface area contributed by atoms with E-state index in [4.69, 9.17) is 5.11 Å². The van der Waals surface area contributed by atoms with E-state index in [-0.39, 0.29) is 11.3 Å². The van der Waals surface area contributed by atoms with Crippen molar-refractivity contribution in [2.24, 2.45) is 0 Å². The molecule has 0 aliphatic rings. The fourth-order valence-corrected chi connectivity index (χ4v) is 1.94. The molecule has 0 aliphatic carbocycles. The molecule has 0 spiro atoms. The highest BCUT2D eigenvalue weighted by Crippen LogP contribution is 2.20. The molecule has 0 bridgehead atoms. The van der Waals surface area contributed by atoms with Crippen LogP contribution >= 0.6 is 15.9 Å². The maximum Gasteiger partial charge on any atom is 0.236 e. The van der Waals surface area contributed by atoms with E-state index < -0.39 is 17.7 Å². The van der Waals surface area contributed by atoms with Crippen molar-refractivity contribution in [3.63, 3.8) is 0 Å². The molecule has 2 aromatic carbocycles. The molecule has 2 aromatic rings. The number of ketones is 2. The third-order valence-corrected chi connectivity index (χ3v) is 3.32. The number of halogens is 1. The molecule has 0 amide bonds. The van der Waals surface area contributed by atoms with Gasteiger partial charge in [0.25, 0.3) is 0 Å². The Morgan fingerprint density at radius 1 is 0.950 bits per heavy atom. The van der Waals surface area contributed by atoms with Gasteiger partial charge in [-0.2, -0.15) is 0 Å². The van der Waals surface area contributed by atoms with E-state index >= 15 is 0 Å². The van der Waals surface area contributed by atoms with E-state index in [1.807, 2.05) is 0 Å². The zero-order valence-corrected chi connectivity index (χ0v) is 11.9. The number of hydrogen-bond donors (Lipinski definition) is 2. The summed E-state index contributed by atoms with van der Waals surface area (Å²) < 4.78 is 0.811. The first-order valence-corrected chi connectivity index (χ1v) is 6.59. The Kier molecular flexibility index (Phi) is 4.32. The van der Waals surface area contributed by atoms with E-state index in [1.54, 1.807) is 24.3 Å². The molecule has 0 aromatic heterocycles. The van der Waals surface area contributed by atoms with Crippen molar-refractivity contribution in [1.82, 2.24) is 0 Å². The average Bonchev–Trinajstić information content (AvgIpc) is 2.46. The number of Topliss-reactive ketones (excluding diaryl/α,β-unsaturated/α-hetero) is 2. The van der Waals surface area contributed by atoms with Gasteiger partial charge in [-0.25, -0.2) is 0 Å². The smallest absolute Gasteiger partial charge is 0.236 e. The van der Waals surface area contributed by atoms with Crippen molar-refractivity contribution in [1.29, 1.82) is 0 Å². The van der Waals surface area contributed by atoms with E-state index in [2.05, 4.69) is 15.9 Å². The summed E-state index contributed by atoms with van der Waals surface area (Å²) in [7, 11) is 0. The predicted molar refractivity (Wildman–Crippen MR) is 76.5 cm³/mol. The van der Waals surface area contributed by atoms with Crippen LogP contribution in [-0.2, 0) is 4.79 Å². The quantitative estimate of drug-likeness (QED) is 0.665. The van der Waals surface area contributed by atoms with Crippen LogP contribution in [0.1, 0.15) is 22.0 Å². The van der Waals surface area contributed by atoms with Crippen LogP contribution < -0.4 is 0 Å². The number of rotatable bonds is 4. The highest BCUT2D eigenvalue weighted by atomic mass is 79.9. The van der Waals surface area contributed by atoms with Crippen LogP contribution in [0.2, 0.25) is 0 Å². The highest BCUT2D eigenvalue weighted by Gasteiger charge is 2.25. The predicted octanol–water partition coefficient (Wildman–Crippen LogP) is 2.64. The van der Waals surface area contributed by atoms with Crippen LogP contribution in [0, 0.1) is 0 Å². The first-order chi connectivity index (χ1) is 9.49. The van der Waals surface area contributed by atoms with Crippen molar-refractivity contribution in [2.75, 3.05) is 0 Å². The zero-order chi connectivity index (χ0) is 14.7. The van der Waals surface area contributed by atoms with E-state index in [0.29, 0.717) is 5.56 Å².